The van der Waals surface area contributed by atoms with E-state index in [2.05, 4.69) is 4.98 Å². The van der Waals surface area contributed by atoms with E-state index in [0.29, 0.717) is 25.2 Å². The van der Waals surface area contributed by atoms with Gasteiger partial charge in [-0.25, -0.2) is 4.98 Å². The van der Waals surface area contributed by atoms with Crippen molar-refractivity contribution in [1.82, 2.24) is 4.98 Å². The molecular weight excluding hydrogens is 290 g/mol. The Morgan fingerprint density at radius 3 is 2.95 bits per heavy atom. The fourth-order valence-electron chi connectivity index (χ4n) is 1.83. The SMILES string of the molecule is CCOC(=O)CCc1csc(-c2ccc(O)c(OC)c2)n1. The van der Waals surface area contributed by atoms with E-state index in [9.17, 15) is 9.90 Å². The first-order valence-electron chi connectivity index (χ1n) is 6.61. The normalized spacial score (nSPS) is 10.4. The van der Waals surface area contributed by atoms with Gasteiger partial charge in [0.1, 0.15) is 5.01 Å². The molecule has 0 atom stereocenters. The van der Waals surface area contributed by atoms with Gasteiger partial charge in [0.05, 0.1) is 25.8 Å². The van der Waals surface area contributed by atoms with E-state index in [1.165, 1.54) is 18.4 Å². The molecule has 5 nitrogen and oxygen atoms in total. The number of phenols is 1. The van der Waals surface area contributed by atoms with Crippen LogP contribution in [0.2, 0.25) is 0 Å². The van der Waals surface area contributed by atoms with Gasteiger partial charge in [0, 0.05) is 17.4 Å². The molecule has 0 saturated carbocycles. The second-order valence-electron chi connectivity index (χ2n) is 4.34. The lowest BCUT2D eigenvalue weighted by molar-refractivity contribution is -0.143. The number of thiazole rings is 1. The van der Waals surface area contributed by atoms with E-state index in [1.807, 2.05) is 5.38 Å². The molecule has 112 valence electrons. The molecule has 0 fully saturated rings. The molecule has 1 aromatic heterocycles. The van der Waals surface area contributed by atoms with Crippen LogP contribution in [0.1, 0.15) is 19.0 Å². The third kappa shape index (κ3) is 3.95. The highest BCUT2D eigenvalue weighted by Gasteiger charge is 2.10. The van der Waals surface area contributed by atoms with Crippen molar-refractivity contribution in [3.63, 3.8) is 0 Å². The second-order valence-corrected chi connectivity index (χ2v) is 5.19. The van der Waals surface area contributed by atoms with Crippen LogP contribution in [0, 0.1) is 0 Å². The predicted molar refractivity (Wildman–Crippen MR) is 80.7 cm³/mol. The van der Waals surface area contributed by atoms with Crippen molar-refractivity contribution in [1.29, 1.82) is 0 Å². The number of nitrogens with zero attached hydrogens (tertiary/aromatic N) is 1. The minimum Gasteiger partial charge on any atom is -0.504 e. The Morgan fingerprint density at radius 2 is 2.24 bits per heavy atom. The molecule has 2 aromatic rings. The number of aromatic nitrogens is 1. The van der Waals surface area contributed by atoms with Crippen LogP contribution in [0.5, 0.6) is 11.5 Å². The molecule has 6 heteroatoms. The monoisotopic (exact) mass is 307 g/mol. The smallest absolute Gasteiger partial charge is 0.306 e. The topological polar surface area (TPSA) is 68.7 Å². The molecule has 1 heterocycles. The summed E-state index contributed by atoms with van der Waals surface area (Å²) in [7, 11) is 1.51. The van der Waals surface area contributed by atoms with E-state index < -0.39 is 0 Å². The fourth-order valence-corrected chi connectivity index (χ4v) is 2.68. The van der Waals surface area contributed by atoms with Gasteiger partial charge >= 0.3 is 5.97 Å². The Bertz CT molecular complexity index is 624. The summed E-state index contributed by atoms with van der Waals surface area (Å²) in [5.41, 5.74) is 1.73. The first-order chi connectivity index (χ1) is 10.1. The number of hydrogen-bond acceptors (Lipinski definition) is 6. The number of aryl methyl sites for hydroxylation is 1. The molecular formula is C15H17NO4S. The van der Waals surface area contributed by atoms with Crippen LogP contribution in [0.4, 0.5) is 0 Å². The molecule has 0 aliphatic rings. The van der Waals surface area contributed by atoms with Crippen LogP contribution in [0.25, 0.3) is 10.6 Å². The predicted octanol–water partition coefficient (Wildman–Crippen LogP) is 3.02. The molecule has 0 spiro atoms. The number of ether oxygens (including phenoxy) is 2. The van der Waals surface area contributed by atoms with Gasteiger partial charge in [-0.2, -0.15) is 0 Å². The Morgan fingerprint density at radius 1 is 1.43 bits per heavy atom. The van der Waals surface area contributed by atoms with Crippen LogP contribution >= 0.6 is 11.3 Å². The zero-order valence-corrected chi connectivity index (χ0v) is 12.8. The van der Waals surface area contributed by atoms with Crippen molar-refractivity contribution in [3.8, 4) is 22.1 Å². The van der Waals surface area contributed by atoms with E-state index in [0.717, 1.165) is 16.3 Å². The number of methoxy groups -OCH3 is 1. The van der Waals surface area contributed by atoms with E-state index in [-0.39, 0.29) is 11.7 Å². The minimum atomic E-state index is -0.210. The third-order valence-electron chi connectivity index (χ3n) is 2.87. The number of carbonyl (C=O) groups is 1. The van der Waals surface area contributed by atoms with Crippen molar-refractivity contribution >= 4 is 17.3 Å². The number of rotatable bonds is 6. The van der Waals surface area contributed by atoms with Gasteiger partial charge in [-0.05, 0) is 25.1 Å². The van der Waals surface area contributed by atoms with E-state index >= 15 is 0 Å². The highest BCUT2D eigenvalue weighted by atomic mass is 32.1. The van der Waals surface area contributed by atoms with Gasteiger partial charge < -0.3 is 14.6 Å². The van der Waals surface area contributed by atoms with Gasteiger partial charge in [0.15, 0.2) is 11.5 Å². The van der Waals surface area contributed by atoms with Crippen molar-refractivity contribution in [2.45, 2.75) is 19.8 Å². The molecule has 0 amide bonds. The molecule has 0 radical (unpaired) electrons. The Labute approximate surface area is 127 Å². The quantitative estimate of drug-likeness (QED) is 0.831. The number of benzene rings is 1. The van der Waals surface area contributed by atoms with Gasteiger partial charge in [0.25, 0.3) is 0 Å². The lowest BCUT2D eigenvalue weighted by Crippen LogP contribution is -2.05. The Balaban J connectivity index is 2.07. The summed E-state index contributed by atoms with van der Waals surface area (Å²) in [6.07, 6.45) is 0.889. The van der Waals surface area contributed by atoms with Crippen molar-refractivity contribution < 1.29 is 19.4 Å². The second kappa shape index (κ2) is 7.08. The Kier molecular flexibility index (Phi) is 5.16. The molecule has 0 aliphatic carbocycles. The molecule has 0 aliphatic heterocycles. The van der Waals surface area contributed by atoms with Crippen LogP contribution in [0.15, 0.2) is 23.6 Å². The fraction of sp³-hybridized carbons (Fsp3) is 0.333. The van der Waals surface area contributed by atoms with Gasteiger partial charge in [0.2, 0.25) is 0 Å². The summed E-state index contributed by atoms with van der Waals surface area (Å²) in [6, 6.07) is 5.10. The van der Waals surface area contributed by atoms with Crippen LogP contribution in [-0.2, 0) is 16.0 Å². The number of phenolic OH excluding ortho intramolecular Hbond substituents is 1. The van der Waals surface area contributed by atoms with Crippen molar-refractivity contribution in [2.75, 3.05) is 13.7 Å². The highest BCUT2D eigenvalue weighted by molar-refractivity contribution is 7.13. The van der Waals surface area contributed by atoms with E-state index in [4.69, 9.17) is 9.47 Å². The standard InChI is InChI=1S/C15H17NO4S/c1-3-20-14(18)7-5-11-9-21-15(16-11)10-4-6-12(17)13(8-10)19-2/h4,6,8-9,17H,3,5,7H2,1-2H3. The van der Waals surface area contributed by atoms with Gasteiger partial charge in [-0.15, -0.1) is 11.3 Å². The zero-order chi connectivity index (χ0) is 15.2. The zero-order valence-electron chi connectivity index (χ0n) is 12.0. The Hall–Kier alpha value is -2.08. The molecule has 0 saturated heterocycles. The lowest BCUT2D eigenvalue weighted by atomic mass is 10.2. The first-order valence-corrected chi connectivity index (χ1v) is 7.49. The summed E-state index contributed by atoms with van der Waals surface area (Å²) in [4.78, 5) is 15.8. The highest BCUT2D eigenvalue weighted by Crippen LogP contribution is 2.32. The third-order valence-corrected chi connectivity index (χ3v) is 3.81. The van der Waals surface area contributed by atoms with Crippen molar-refractivity contribution in [3.05, 3.63) is 29.3 Å². The van der Waals surface area contributed by atoms with Gasteiger partial charge in [-0.1, -0.05) is 0 Å². The number of aromatic hydroxyl groups is 1. The summed E-state index contributed by atoms with van der Waals surface area (Å²) in [5.74, 6) is 0.300. The molecule has 0 bridgehead atoms. The minimum absolute atomic E-state index is 0.0975. The number of esters is 1. The number of carbonyl (C=O) groups excluding carboxylic acids is 1. The average molecular weight is 307 g/mol. The van der Waals surface area contributed by atoms with Gasteiger partial charge in [-0.3, -0.25) is 4.79 Å². The number of hydrogen-bond donors (Lipinski definition) is 1. The first kappa shape index (κ1) is 15.3. The molecule has 21 heavy (non-hydrogen) atoms. The molecule has 0 unspecified atom stereocenters. The maximum atomic E-state index is 11.3. The summed E-state index contributed by atoms with van der Waals surface area (Å²) in [6.45, 7) is 2.19. The maximum absolute atomic E-state index is 11.3. The van der Waals surface area contributed by atoms with Crippen LogP contribution in [-0.4, -0.2) is 29.8 Å². The summed E-state index contributed by atoms with van der Waals surface area (Å²) >= 11 is 1.49. The van der Waals surface area contributed by atoms with Crippen LogP contribution < -0.4 is 4.74 Å². The van der Waals surface area contributed by atoms with Crippen molar-refractivity contribution in [2.24, 2.45) is 0 Å². The molecule has 2 rings (SSSR count). The van der Waals surface area contributed by atoms with Crippen LogP contribution in [0.3, 0.4) is 0 Å². The maximum Gasteiger partial charge on any atom is 0.306 e. The summed E-state index contributed by atoms with van der Waals surface area (Å²) < 4.78 is 9.98. The molecule has 1 N–H and O–H groups in total. The average Bonchev–Trinajstić information content (AvgIpc) is 2.95. The lowest BCUT2D eigenvalue weighted by Gasteiger charge is -2.04. The summed E-state index contributed by atoms with van der Waals surface area (Å²) in [5, 5.41) is 12.3. The van der Waals surface area contributed by atoms with E-state index in [1.54, 1.807) is 25.1 Å². The molecule has 1 aromatic carbocycles. The largest absolute Gasteiger partial charge is 0.504 e.